The van der Waals surface area contributed by atoms with Gasteiger partial charge in [-0.1, -0.05) is 0 Å². The molecule has 1 aliphatic rings. The molecule has 0 aliphatic carbocycles. The van der Waals surface area contributed by atoms with Crippen LogP contribution in [-0.4, -0.2) is 58.6 Å². The van der Waals surface area contributed by atoms with Gasteiger partial charge in [0.05, 0.1) is 18.4 Å². The molecule has 0 radical (unpaired) electrons. The van der Waals surface area contributed by atoms with E-state index in [4.69, 9.17) is 0 Å². The Morgan fingerprint density at radius 3 is 2.62 bits per heavy atom. The number of pyridine rings is 1. The second-order valence-corrected chi connectivity index (χ2v) is 6.11. The summed E-state index contributed by atoms with van der Waals surface area (Å²) in [7, 11) is 0. The highest BCUT2D eigenvalue weighted by Crippen LogP contribution is 2.23. The fraction of sp³-hybridized carbons (Fsp3) is 0.588. The minimum atomic E-state index is -1.55. The van der Waals surface area contributed by atoms with Crippen molar-refractivity contribution in [2.24, 2.45) is 0 Å². The Kier molecular flexibility index (Phi) is 5.77. The standard InChI is InChI=1S/C17H26N4O3/c1-4-20(5-2)15-8-7-14(11-18-15)19-16(23)17(24)9-6-10-21(12-17)13(3)22/h7-8,11,24H,4-6,9-10,12H2,1-3H3,(H,19,23)/t17-/m1/s1. The highest BCUT2D eigenvalue weighted by atomic mass is 16.3. The van der Waals surface area contributed by atoms with Gasteiger partial charge in [-0.25, -0.2) is 4.98 Å². The van der Waals surface area contributed by atoms with Crippen LogP contribution < -0.4 is 10.2 Å². The van der Waals surface area contributed by atoms with Crippen molar-refractivity contribution in [2.45, 2.75) is 39.2 Å². The molecule has 24 heavy (non-hydrogen) atoms. The van der Waals surface area contributed by atoms with E-state index in [0.29, 0.717) is 25.1 Å². The highest BCUT2D eigenvalue weighted by molar-refractivity contribution is 5.97. The highest BCUT2D eigenvalue weighted by Gasteiger charge is 2.41. The molecule has 0 saturated carbocycles. The Hall–Kier alpha value is -2.15. The molecule has 7 nitrogen and oxygen atoms in total. The monoisotopic (exact) mass is 334 g/mol. The van der Waals surface area contributed by atoms with Gasteiger partial charge >= 0.3 is 0 Å². The van der Waals surface area contributed by atoms with Crippen LogP contribution in [0.2, 0.25) is 0 Å². The maximum Gasteiger partial charge on any atom is 0.258 e. The number of carbonyl (C=O) groups excluding carboxylic acids is 2. The van der Waals surface area contributed by atoms with E-state index in [1.165, 1.54) is 11.8 Å². The molecule has 2 amide bonds. The zero-order valence-corrected chi connectivity index (χ0v) is 14.6. The first-order valence-corrected chi connectivity index (χ1v) is 8.40. The van der Waals surface area contributed by atoms with Crippen LogP contribution in [-0.2, 0) is 9.59 Å². The number of hydrogen-bond acceptors (Lipinski definition) is 5. The average Bonchev–Trinajstić information content (AvgIpc) is 2.57. The molecule has 0 aromatic carbocycles. The number of amides is 2. The van der Waals surface area contributed by atoms with Crippen molar-refractivity contribution in [2.75, 3.05) is 36.4 Å². The van der Waals surface area contributed by atoms with E-state index in [1.807, 2.05) is 6.07 Å². The van der Waals surface area contributed by atoms with Crippen molar-refractivity contribution in [3.8, 4) is 0 Å². The summed E-state index contributed by atoms with van der Waals surface area (Å²) in [5.74, 6) is 0.217. The van der Waals surface area contributed by atoms with Gasteiger partial charge in [0.1, 0.15) is 5.82 Å². The number of aliphatic hydroxyl groups is 1. The third-order valence-corrected chi connectivity index (χ3v) is 4.43. The van der Waals surface area contributed by atoms with Crippen molar-refractivity contribution in [1.82, 2.24) is 9.88 Å². The van der Waals surface area contributed by atoms with Gasteiger partial charge in [-0.3, -0.25) is 9.59 Å². The molecule has 2 N–H and O–H groups in total. The van der Waals surface area contributed by atoms with Crippen LogP contribution in [0.4, 0.5) is 11.5 Å². The lowest BCUT2D eigenvalue weighted by Crippen LogP contribution is -2.56. The fourth-order valence-corrected chi connectivity index (χ4v) is 2.93. The predicted octanol–water partition coefficient (Wildman–Crippen LogP) is 1.24. The van der Waals surface area contributed by atoms with Crippen LogP contribution >= 0.6 is 0 Å². The molecule has 1 fully saturated rings. The Balaban J connectivity index is 2.04. The first-order chi connectivity index (χ1) is 11.4. The van der Waals surface area contributed by atoms with E-state index in [-0.39, 0.29) is 12.5 Å². The molecular formula is C17H26N4O3. The molecule has 0 bridgehead atoms. The van der Waals surface area contributed by atoms with E-state index in [0.717, 1.165) is 18.9 Å². The minimum Gasteiger partial charge on any atom is -0.378 e. The van der Waals surface area contributed by atoms with Crippen LogP contribution in [0, 0.1) is 0 Å². The quantitative estimate of drug-likeness (QED) is 0.846. The summed E-state index contributed by atoms with van der Waals surface area (Å²) in [5, 5.41) is 13.3. The molecule has 1 aliphatic heterocycles. The summed E-state index contributed by atoms with van der Waals surface area (Å²) in [6.45, 7) is 7.87. The van der Waals surface area contributed by atoms with Crippen molar-refractivity contribution >= 4 is 23.3 Å². The number of nitrogens with one attached hydrogen (secondary N) is 1. The van der Waals surface area contributed by atoms with Crippen molar-refractivity contribution in [3.05, 3.63) is 18.3 Å². The van der Waals surface area contributed by atoms with Gasteiger partial charge in [0.25, 0.3) is 5.91 Å². The molecule has 7 heteroatoms. The first kappa shape index (κ1) is 18.2. The zero-order valence-electron chi connectivity index (χ0n) is 14.6. The number of aromatic nitrogens is 1. The predicted molar refractivity (Wildman–Crippen MR) is 92.9 cm³/mol. The molecule has 0 spiro atoms. The topological polar surface area (TPSA) is 85.8 Å². The lowest BCUT2D eigenvalue weighted by atomic mass is 9.91. The van der Waals surface area contributed by atoms with Gasteiger partial charge in [-0.05, 0) is 38.8 Å². The second-order valence-electron chi connectivity index (χ2n) is 6.11. The normalized spacial score (nSPS) is 20.6. The maximum absolute atomic E-state index is 12.5. The number of β-amino-alcohol motifs (C(OH)–C–C–N with tert-alkyl or cyclic N) is 1. The number of piperidine rings is 1. The first-order valence-electron chi connectivity index (χ1n) is 8.40. The molecule has 1 atom stereocenters. The van der Waals surface area contributed by atoms with Gasteiger partial charge in [0, 0.05) is 26.6 Å². The van der Waals surface area contributed by atoms with Crippen LogP contribution in [0.3, 0.4) is 0 Å². The molecule has 1 saturated heterocycles. The molecule has 2 rings (SSSR count). The van der Waals surface area contributed by atoms with Gasteiger partial charge in [-0.2, -0.15) is 0 Å². The largest absolute Gasteiger partial charge is 0.378 e. The number of anilines is 2. The van der Waals surface area contributed by atoms with Gasteiger partial charge in [-0.15, -0.1) is 0 Å². The van der Waals surface area contributed by atoms with E-state index in [1.54, 1.807) is 12.3 Å². The van der Waals surface area contributed by atoms with E-state index in [9.17, 15) is 14.7 Å². The molecular weight excluding hydrogens is 308 g/mol. The lowest BCUT2D eigenvalue weighted by molar-refractivity contribution is -0.146. The van der Waals surface area contributed by atoms with Crippen molar-refractivity contribution in [1.29, 1.82) is 0 Å². The zero-order chi connectivity index (χ0) is 17.7. The van der Waals surface area contributed by atoms with E-state index in [2.05, 4.69) is 29.0 Å². The minimum absolute atomic E-state index is 0.0269. The van der Waals surface area contributed by atoms with E-state index >= 15 is 0 Å². The second kappa shape index (κ2) is 7.61. The van der Waals surface area contributed by atoms with Crippen molar-refractivity contribution < 1.29 is 14.7 Å². The maximum atomic E-state index is 12.5. The lowest BCUT2D eigenvalue weighted by Gasteiger charge is -2.37. The Bertz CT molecular complexity index is 586. The molecule has 1 aromatic heterocycles. The summed E-state index contributed by atoms with van der Waals surface area (Å²) in [4.78, 5) is 31.9. The molecule has 2 heterocycles. The van der Waals surface area contributed by atoms with Gasteiger partial charge in [0.2, 0.25) is 5.91 Å². The van der Waals surface area contributed by atoms with Crippen molar-refractivity contribution in [3.63, 3.8) is 0 Å². The molecule has 132 valence electrons. The van der Waals surface area contributed by atoms with Crippen LogP contribution in [0.15, 0.2) is 18.3 Å². The Labute approximate surface area is 142 Å². The number of likely N-dealkylation sites (tertiary alicyclic amines) is 1. The van der Waals surface area contributed by atoms with Crippen LogP contribution in [0.5, 0.6) is 0 Å². The summed E-state index contributed by atoms with van der Waals surface area (Å²) in [5.41, 5.74) is -1.02. The summed E-state index contributed by atoms with van der Waals surface area (Å²) in [6, 6.07) is 3.61. The summed E-state index contributed by atoms with van der Waals surface area (Å²) in [6.07, 6.45) is 2.52. The number of hydrogen-bond donors (Lipinski definition) is 2. The molecule has 1 aromatic rings. The summed E-state index contributed by atoms with van der Waals surface area (Å²) >= 11 is 0. The Morgan fingerprint density at radius 2 is 2.08 bits per heavy atom. The molecule has 0 unspecified atom stereocenters. The van der Waals surface area contributed by atoms with Gasteiger partial charge in [0.15, 0.2) is 5.60 Å². The Morgan fingerprint density at radius 1 is 1.38 bits per heavy atom. The number of rotatable bonds is 5. The van der Waals surface area contributed by atoms with Crippen LogP contribution in [0.1, 0.15) is 33.6 Å². The SMILES string of the molecule is CCN(CC)c1ccc(NC(=O)[C@@]2(O)CCCN(C(C)=O)C2)cn1. The number of nitrogens with zero attached hydrogens (tertiary/aromatic N) is 3. The third-order valence-electron chi connectivity index (χ3n) is 4.43. The third kappa shape index (κ3) is 4.03. The smallest absolute Gasteiger partial charge is 0.258 e. The summed E-state index contributed by atoms with van der Waals surface area (Å²) < 4.78 is 0. The number of carbonyl (C=O) groups is 2. The average molecular weight is 334 g/mol. The van der Waals surface area contributed by atoms with E-state index < -0.39 is 11.5 Å². The van der Waals surface area contributed by atoms with Gasteiger partial charge < -0.3 is 20.2 Å². The van der Waals surface area contributed by atoms with Crippen LogP contribution in [0.25, 0.3) is 0 Å². The fourth-order valence-electron chi connectivity index (χ4n) is 2.93.